The first-order valence-electron chi connectivity index (χ1n) is 6.45. The maximum atomic E-state index is 12.0. The van der Waals surface area contributed by atoms with Crippen LogP contribution < -0.4 is 5.32 Å². The van der Waals surface area contributed by atoms with Gasteiger partial charge in [0.15, 0.2) is 0 Å². The summed E-state index contributed by atoms with van der Waals surface area (Å²) in [5, 5.41) is 21.0. The number of rotatable bonds is 3. The average molecular weight is 281 g/mol. The van der Waals surface area contributed by atoms with Crippen molar-refractivity contribution in [3.05, 3.63) is 65.2 Å². The van der Waals surface area contributed by atoms with Crippen LogP contribution in [0.15, 0.2) is 48.5 Å². The monoisotopic (exact) mass is 281 g/mol. The summed E-state index contributed by atoms with van der Waals surface area (Å²) in [7, 11) is 0. The van der Waals surface area contributed by atoms with Crippen LogP contribution in [0.5, 0.6) is 5.75 Å². The Bertz CT molecular complexity index is 698. The molecule has 4 heteroatoms. The number of amides is 1. The molecular weight excluding hydrogens is 266 g/mol. The van der Waals surface area contributed by atoms with Gasteiger partial charge in [-0.2, -0.15) is 0 Å². The Hall–Kier alpha value is -2.77. The molecule has 2 rings (SSSR count). The van der Waals surface area contributed by atoms with Crippen molar-refractivity contribution in [3.8, 4) is 17.6 Å². The van der Waals surface area contributed by atoms with Crippen molar-refractivity contribution >= 4 is 5.91 Å². The van der Waals surface area contributed by atoms with Gasteiger partial charge in [0.2, 0.25) is 0 Å². The number of hydrogen-bond acceptors (Lipinski definition) is 3. The summed E-state index contributed by atoms with van der Waals surface area (Å²) in [6.07, 6.45) is 0. The van der Waals surface area contributed by atoms with Gasteiger partial charge in [0.05, 0.1) is 5.56 Å². The van der Waals surface area contributed by atoms with E-state index in [1.54, 1.807) is 18.2 Å². The van der Waals surface area contributed by atoms with Gasteiger partial charge in [-0.25, -0.2) is 0 Å². The maximum absolute atomic E-state index is 12.0. The van der Waals surface area contributed by atoms with Crippen molar-refractivity contribution in [2.75, 3.05) is 6.61 Å². The number of phenolic OH excluding ortho intramolecular Hbond substituents is 1. The predicted molar refractivity (Wildman–Crippen MR) is 79.7 cm³/mol. The van der Waals surface area contributed by atoms with Crippen LogP contribution in [0.1, 0.15) is 21.5 Å². The summed E-state index contributed by atoms with van der Waals surface area (Å²) >= 11 is 0. The van der Waals surface area contributed by atoms with E-state index in [-0.39, 0.29) is 23.8 Å². The summed E-state index contributed by atoms with van der Waals surface area (Å²) < 4.78 is 0. The molecule has 0 heterocycles. The molecule has 0 spiro atoms. The third kappa shape index (κ3) is 4.10. The van der Waals surface area contributed by atoms with Gasteiger partial charge < -0.3 is 15.5 Å². The number of aliphatic hydroxyl groups is 1. The molecule has 0 aliphatic rings. The Morgan fingerprint density at radius 1 is 1.14 bits per heavy atom. The minimum absolute atomic E-state index is 0.0439. The number of carbonyl (C=O) groups excluding carboxylic acids is 1. The maximum Gasteiger partial charge on any atom is 0.255 e. The molecule has 0 atom stereocenters. The fourth-order valence-corrected chi connectivity index (χ4v) is 1.84. The molecule has 0 bridgehead atoms. The van der Waals surface area contributed by atoms with Crippen LogP contribution in [-0.2, 0) is 6.54 Å². The van der Waals surface area contributed by atoms with Crippen molar-refractivity contribution in [2.24, 2.45) is 0 Å². The van der Waals surface area contributed by atoms with E-state index in [0.29, 0.717) is 6.54 Å². The molecule has 106 valence electrons. The summed E-state index contributed by atoms with van der Waals surface area (Å²) in [5.74, 6) is 5.01. The molecule has 1 amide bonds. The SMILES string of the molecule is O=C(NCc1cccc(C#CCO)c1)c1ccccc1O. The topological polar surface area (TPSA) is 69.6 Å². The minimum atomic E-state index is -0.333. The number of benzene rings is 2. The molecule has 0 radical (unpaired) electrons. The van der Waals surface area contributed by atoms with E-state index >= 15 is 0 Å². The molecule has 2 aromatic carbocycles. The summed E-state index contributed by atoms with van der Waals surface area (Å²) in [5.41, 5.74) is 1.91. The summed E-state index contributed by atoms with van der Waals surface area (Å²) in [6, 6.07) is 13.8. The number of aliphatic hydroxyl groups excluding tert-OH is 1. The largest absolute Gasteiger partial charge is 0.507 e. The molecule has 0 aliphatic heterocycles. The highest BCUT2D eigenvalue weighted by Crippen LogP contribution is 2.15. The van der Waals surface area contributed by atoms with E-state index in [9.17, 15) is 9.90 Å². The van der Waals surface area contributed by atoms with Crippen LogP contribution in [0.25, 0.3) is 0 Å². The van der Waals surface area contributed by atoms with Crippen LogP contribution in [0.3, 0.4) is 0 Å². The summed E-state index contributed by atoms with van der Waals surface area (Å²) in [4.78, 5) is 12.0. The Labute approximate surface area is 123 Å². The normalized spacial score (nSPS) is 9.57. The van der Waals surface area contributed by atoms with Gasteiger partial charge in [0, 0.05) is 12.1 Å². The second-order valence-corrected chi connectivity index (χ2v) is 4.36. The van der Waals surface area contributed by atoms with Crippen molar-refractivity contribution in [3.63, 3.8) is 0 Å². The van der Waals surface area contributed by atoms with Crippen LogP contribution in [0, 0.1) is 11.8 Å². The zero-order chi connectivity index (χ0) is 15.1. The number of hydrogen-bond donors (Lipinski definition) is 3. The molecule has 0 unspecified atom stereocenters. The molecule has 2 aromatic rings. The van der Waals surface area contributed by atoms with Gasteiger partial charge in [0.1, 0.15) is 12.4 Å². The van der Waals surface area contributed by atoms with E-state index in [0.717, 1.165) is 11.1 Å². The van der Waals surface area contributed by atoms with Crippen molar-refractivity contribution in [1.82, 2.24) is 5.32 Å². The van der Waals surface area contributed by atoms with Gasteiger partial charge in [0.25, 0.3) is 5.91 Å². The molecule has 0 fully saturated rings. The van der Waals surface area contributed by atoms with E-state index in [1.165, 1.54) is 6.07 Å². The molecule has 21 heavy (non-hydrogen) atoms. The van der Waals surface area contributed by atoms with Gasteiger partial charge in [-0.15, -0.1) is 0 Å². The second kappa shape index (κ2) is 7.13. The Morgan fingerprint density at radius 3 is 2.71 bits per heavy atom. The lowest BCUT2D eigenvalue weighted by molar-refractivity contribution is 0.0948. The predicted octanol–water partition coefficient (Wildman–Crippen LogP) is 1.67. The highest BCUT2D eigenvalue weighted by Gasteiger charge is 2.09. The number of aromatic hydroxyl groups is 1. The molecule has 3 N–H and O–H groups in total. The number of phenols is 1. The molecule has 0 saturated carbocycles. The van der Waals surface area contributed by atoms with Gasteiger partial charge in [-0.3, -0.25) is 4.79 Å². The van der Waals surface area contributed by atoms with Gasteiger partial charge in [-0.05, 0) is 29.8 Å². The number of nitrogens with one attached hydrogen (secondary N) is 1. The van der Waals surface area contributed by atoms with Gasteiger partial charge >= 0.3 is 0 Å². The number of carbonyl (C=O) groups is 1. The quantitative estimate of drug-likeness (QED) is 0.749. The van der Waals surface area contributed by atoms with Crippen molar-refractivity contribution < 1.29 is 15.0 Å². The third-order valence-electron chi connectivity index (χ3n) is 2.84. The first-order chi connectivity index (χ1) is 10.2. The third-order valence-corrected chi connectivity index (χ3v) is 2.84. The molecule has 0 aliphatic carbocycles. The molecule has 4 nitrogen and oxygen atoms in total. The Kier molecular flexibility index (Phi) is 4.97. The van der Waals surface area contributed by atoms with Crippen LogP contribution in [0.2, 0.25) is 0 Å². The Balaban J connectivity index is 2.03. The van der Waals surface area contributed by atoms with E-state index in [2.05, 4.69) is 17.2 Å². The van der Waals surface area contributed by atoms with Gasteiger partial charge in [-0.1, -0.05) is 36.1 Å². The highest BCUT2D eigenvalue weighted by molar-refractivity contribution is 5.96. The van der Waals surface area contributed by atoms with E-state index in [1.807, 2.05) is 24.3 Å². The average Bonchev–Trinajstić information content (AvgIpc) is 2.51. The van der Waals surface area contributed by atoms with Crippen LogP contribution in [-0.4, -0.2) is 22.7 Å². The lowest BCUT2D eigenvalue weighted by Crippen LogP contribution is -2.22. The molecule has 0 aromatic heterocycles. The highest BCUT2D eigenvalue weighted by atomic mass is 16.3. The smallest absolute Gasteiger partial charge is 0.255 e. The van der Waals surface area contributed by atoms with Crippen molar-refractivity contribution in [1.29, 1.82) is 0 Å². The minimum Gasteiger partial charge on any atom is -0.507 e. The number of para-hydroxylation sites is 1. The van der Waals surface area contributed by atoms with E-state index < -0.39 is 0 Å². The lowest BCUT2D eigenvalue weighted by atomic mass is 10.1. The first-order valence-corrected chi connectivity index (χ1v) is 6.45. The fourth-order valence-electron chi connectivity index (χ4n) is 1.84. The standard InChI is InChI=1S/C17H15NO3/c19-10-4-7-13-5-3-6-14(11-13)12-18-17(21)15-8-1-2-9-16(15)20/h1-3,5-6,8-9,11,19-20H,10,12H2,(H,18,21). The zero-order valence-electron chi connectivity index (χ0n) is 11.3. The second-order valence-electron chi connectivity index (χ2n) is 4.36. The van der Waals surface area contributed by atoms with E-state index in [4.69, 9.17) is 5.11 Å². The Morgan fingerprint density at radius 2 is 1.95 bits per heavy atom. The summed E-state index contributed by atoms with van der Waals surface area (Å²) in [6.45, 7) is 0.149. The van der Waals surface area contributed by atoms with Crippen LogP contribution in [0.4, 0.5) is 0 Å². The molecule has 0 saturated heterocycles. The lowest BCUT2D eigenvalue weighted by Gasteiger charge is -2.07. The molecular formula is C17H15NO3. The van der Waals surface area contributed by atoms with Crippen LogP contribution >= 0.6 is 0 Å². The zero-order valence-corrected chi connectivity index (χ0v) is 11.3. The fraction of sp³-hybridized carbons (Fsp3) is 0.118. The van der Waals surface area contributed by atoms with Crippen molar-refractivity contribution in [2.45, 2.75) is 6.54 Å². The first kappa shape index (κ1) is 14.6.